The number of esters is 1. The van der Waals surface area contributed by atoms with E-state index in [0.717, 1.165) is 11.3 Å². The Morgan fingerprint density at radius 2 is 2.05 bits per heavy atom. The molecule has 0 spiro atoms. The standard InChI is InChI=1S/C14H18FNO3/c1-18-12-5-3-11(4-6-12)9-16-8-7-14(15,10-16)13(17)19-2/h3-6H,7-10H2,1-2H3. The fraction of sp³-hybridized carbons (Fsp3) is 0.500. The van der Waals surface area contributed by atoms with Crippen LogP contribution in [0.2, 0.25) is 0 Å². The number of rotatable bonds is 4. The Labute approximate surface area is 112 Å². The number of carbonyl (C=O) groups is 1. The minimum Gasteiger partial charge on any atom is -0.497 e. The molecule has 4 nitrogen and oxygen atoms in total. The molecule has 1 aliphatic rings. The monoisotopic (exact) mass is 267 g/mol. The summed E-state index contributed by atoms with van der Waals surface area (Å²) in [5.41, 5.74) is -0.795. The second-order valence-corrected chi connectivity index (χ2v) is 4.77. The lowest BCUT2D eigenvalue weighted by atomic mass is 10.1. The molecule has 0 aromatic heterocycles. The Morgan fingerprint density at radius 1 is 1.37 bits per heavy atom. The van der Waals surface area contributed by atoms with Gasteiger partial charge in [-0.1, -0.05) is 12.1 Å². The molecule has 0 saturated carbocycles. The SMILES string of the molecule is COC(=O)C1(F)CCN(Cc2ccc(OC)cc2)C1. The van der Waals surface area contributed by atoms with Crippen LogP contribution in [0.25, 0.3) is 0 Å². The van der Waals surface area contributed by atoms with Crippen LogP contribution in [0.1, 0.15) is 12.0 Å². The number of hydrogen-bond acceptors (Lipinski definition) is 4. The normalized spacial score (nSPS) is 23.3. The molecule has 0 bridgehead atoms. The quantitative estimate of drug-likeness (QED) is 0.780. The van der Waals surface area contributed by atoms with Crippen LogP contribution in [0.5, 0.6) is 5.75 Å². The van der Waals surface area contributed by atoms with E-state index in [1.165, 1.54) is 7.11 Å². The molecule has 104 valence electrons. The first-order chi connectivity index (χ1) is 9.07. The van der Waals surface area contributed by atoms with Crippen LogP contribution < -0.4 is 4.74 Å². The van der Waals surface area contributed by atoms with Crippen LogP contribution in [0, 0.1) is 0 Å². The highest BCUT2D eigenvalue weighted by Crippen LogP contribution is 2.28. The maximum Gasteiger partial charge on any atom is 0.345 e. The van der Waals surface area contributed by atoms with Gasteiger partial charge < -0.3 is 9.47 Å². The molecule has 0 aliphatic carbocycles. The van der Waals surface area contributed by atoms with Crippen molar-refractivity contribution in [2.24, 2.45) is 0 Å². The number of carbonyl (C=O) groups excluding carboxylic acids is 1. The summed E-state index contributed by atoms with van der Waals surface area (Å²) in [6, 6.07) is 7.62. The third-order valence-electron chi connectivity index (χ3n) is 3.41. The van der Waals surface area contributed by atoms with Gasteiger partial charge in [0, 0.05) is 26.1 Å². The summed E-state index contributed by atoms with van der Waals surface area (Å²) < 4.78 is 23.8. The molecule has 0 amide bonds. The fourth-order valence-corrected chi connectivity index (χ4v) is 2.32. The first-order valence-corrected chi connectivity index (χ1v) is 6.20. The maximum atomic E-state index is 14.2. The predicted molar refractivity (Wildman–Crippen MR) is 68.7 cm³/mol. The van der Waals surface area contributed by atoms with Gasteiger partial charge in [-0.05, 0) is 17.7 Å². The van der Waals surface area contributed by atoms with Crippen molar-refractivity contribution < 1.29 is 18.7 Å². The lowest BCUT2D eigenvalue weighted by Gasteiger charge is -2.18. The number of likely N-dealkylation sites (tertiary alicyclic amines) is 1. The van der Waals surface area contributed by atoms with E-state index in [4.69, 9.17) is 4.74 Å². The molecule has 1 atom stereocenters. The van der Waals surface area contributed by atoms with Crippen LogP contribution in [0.4, 0.5) is 4.39 Å². The van der Waals surface area contributed by atoms with E-state index in [1.54, 1.807) is 7.11 Å². The molecule has 1 fully saturated rings. The molecule has 2 rings (SSSR count). The van der Waals surface area contributed by atoms with Crippen molar-refractivity contribution in [1.82, 2.24) is 4.90 Å². The van der Waals surface area contributed by atoms with Crippen molar-refractivity contribution in [2.75, 3.05) is 27.3 Å². The third kappa shape index (κ3) is 3.04. The largest absolute Gasteiger partial charge is 0.497 e. The number of alkyl halides is 1. The van der Waals surface area contributed by atoms with Gasteiger partial charge in [-0.3, -0.25) is 4.90 Å². The van der Waals surface area contributed by atoms with Gasteiger partial charge in [0.05, 0.1) is 14.2 Å². The van der Waals surface area contributed by atoms with Crippen molar-refractivity contribution in [1.29, 1.82) is 0 Å². The first-order valence-electron chi connectivity index (χ1n) is 6.20. The molecule has 1 aromatic carbocycles. The number of hydrogen-bond donors (Lipinski definition) is 0. The van der Waals surface area contributed by atoms with E-state index in [0.29, 0.717) is 13.1 Å². The van der Waals surface area contributed by atoms with Gasteiger partial charge in [-0.15, -0.1) is 0 Å². The van der Waals surface area contributed by atoms with Crippen molar-refractivity contribution >= 4 is 5.97 Å². The van der Waals surface area contributed by atoms with E-state index in [-0.39, 0.29) is 13.0 Å². The molecular formula is C14H18FNO3. The summed E-state index contributed by atoms with van der Waals surface area (Å²) >= 11 is 0. The summed E-state index contributed by atoms with van der Waals surface area (Å²) in [7, 11) is 2.83. The fourth-order valence-electron chi connectivity index (χ4n) is 2.32. The van der Waals surface area contributed by atoms with Gasteiger partial charge in [0.15, 0.2) is 0 Å². The molecule has 1 heterocycles. The minimum atomic E-state index is -1.86. The van der Waals surface area contributed by atoms with Crippen LogP contribution in [0.3, 0.4) is 0 Å². The van der Waals surface area contributed by atoms with E-state index in [1.807, 2.05) is 29.2 Å². The van der Waals surface area contributed by atoms with Gasteiger partial charge in [-0.2, -0.15) is 0 Å². The highest BCUT2D eigenvalue weighted by molar-refractivity contribution is 5.80. The van der Waals surface area contributed by atoms with E-state index in [9.17, 15) is 9.18 Å². The average Bonchev–Trinajstić information content (AvgIpc) is 2.81. The molecule has 1 aliphatic heterocycles. The van der Waals surface area contributed by atoms with Crippen molar-refractivity contribution in [2.45, 2.75) is 18.6 Å². The van der Waals surface area contributed by atoms with Crippen molar-refractivity contribution in [3.05, 3.63) is 29.8 Å². The molecule has 0 N–H and O–H groups in total. The smallest absolute Gasteiger partial charge is 0.345 e. The van der Waals surface area contributed by atoms with Crippen LogP contribution in [-0.4, -0.2) is 43.8 Å². The van der Waals surface area contributed by atoms with Crippen LogP contribution in [-0.2, 0) is 16.1 Å². The average molecular weight is 267 g/mol. The van der Waals surface area contributed by atoms with Crippen molar-refractivity contribution in [3.63, 3.8) is 0 Å². The second kappa shape index (κ2) is 5.57. The summed E-state index contributed by atoms with van der Waals surface area (Å²) in [5, 5.41) is 0. The summed E-state index contributed by atoms with van der Waals surface area (Å²) in [4.78, 5) is 13.3. The molecule has 1 unspecified atom stereocenters. The van der Waals surface area contributed by atoms with Gasteiger partial charge in [0.1, 0.15) is 5.75 Å². The van der Waals surface area contributed by atoms with E-state index in [2.05, 4.69) is 4.74 Å². The van der Waals surface area contributed by atoms with E-state index < -0.39 is 11.6 Å². The molecule has 1 saturated heterocycles. The highest BCUT2D eigenvalue weighted by Gasteiger charge is 2.46. The summed E-state index contributed by atoms with van der Waals surface area (Å²) in [5.74, 6) is 0.0179. The highest BCUT2D eigenvalue weighted by atomic mass is 19.1. The Hall–Kier alpha value is -1.62. The minimum absolute atomic E-state index is 0.0890. The maximum absolute atomic E-state index is 14.2. The summed E-state index contributed by atoms with van der Waals surface area (Å²) in [6.45, 7) is 1.26. The molecule has 1 aromatic rings. The Bertz CT molecular complexity index is 449. The van der Waals surface area contributed by atoms with Crippen LogP contribution >= 0.6 is 0 Å². The zero-order valence-corrected chi connectivity index (χ0v) is 11.2. The Balaban J connectivity index is 1.96. The van der Waals surface area contributed by atoms with Gasteiger partial charge in [0.2, 0.25) is 5.67 Å². The predicted octanol–water partition coefficient (Wildman–Crippen LogP) is 1.78. The van der Waals surface area contributed by atoms with Crippen LogP contribution in [0.15, 0.2) is 24.3 Å². The second-order valence-electron chi connectivity index (χ2n) is 4.77. The first kappa shape index (κ1) is 13.8. The lowest BCUT2D eigenvalue weighted by Crippen LogP contribution is -2.37. The summed E-state index contributed by atoms with van der Waals surface area (Å²) in [6.07, 6.45) is 0.190. The zero-order chi connectivity index (χ0) is 13.9. The van der Waals surface area contributed by atoms with Gasteiger partial charge in [0.25, 0.3) is 0 Å². The van der Waals surface area contributed by atoms with Crippen molar-refractivity contribution in [3.8, 4) is 5.75 Å². The zero-order valence-electron chi connectivity index (χ0n) is 11.2. The number of nitrogens with zero attached hydrogens (tertiary/aromatic N) is 1. The van der Waals surface area contributed by atoms with Gasteiger partial charge in [-0.25, -0.2) is 9.18 Å². The Kier molecular flexibility index (Phi) is 4.04. The number of ether oxygens (including phenoxy) is 2. The third-order valence-corrected chi connectivity index (χ3v) is 3.41. The number of methoxy groups -OCH3 is 2. The topological polar surface area (TPSA) is 38.8 Å². The van der Waals surface area contributed by atoms with Gasteiger partial charge >= 0.3 is 5.97 Å². The number of halogens is 1. The lowest BCUT2D eigenvalue weighted by molar-refractivity contribution is -0.153. The molecule has 0 radical (unpaired) electrons. The Morgan fingerprint density at radius 3 is 2.63 bits per heavy atom. The molecule has 5 heteroatoms. The van der Waals surface area contributed by atoms with E-state index >= 15 is 0 Å². The number of benzene rings is 1. The molecule has 19 heavy (non-hydrogen) atoms. The molecular weight excluding hydrogens is 249 g/mol.